The van der Waals surface area contributed by atoms with Crippen LogP contribution in [0.5, 0.6) is 5.75 Å². The minimum atomic E-state index is -5.11. The second kappa shape index (κ2) is 5.25. The molecule has 0 aliphatic carbocycles. The van der Waals surface area contributed by atoms with Crippen molar-refractivity contribution in [3.8, 4) is 5.75 Å². The Morgan fingerprint density at radius 2 is 2.06 bits per heavy atom. The molecule has 0 radical (unpaired) electrons. The average Bonchev–Trinajstić information content (AvgIpc) is 2.26. The number of halogens is 5. The van der Waals surface area contributed by atoms with E-state index >= 15 is 0 Å². The molecule has 0 aliphatic heterocycles. The van der Waals surface area contributed by atoms with Crippen molar-refractivity contribution >= 4 is 6.29 Å². The van der Waals surface area contributed by atoms with Gasteiger partial charge in [-0.2, -0.15) is 0 Å². The van der Waals surface area contributed by atoms with Crippen molar-refractivity contribution < 1.29 is 31.5 Å². The number of carbonyl (C=O) groups excluding carboxylic acids is 1. The van der Waals surface area contributed by atoms with Crippen molar-refractivity contribution in [1.82, 2.24) is 4.98 Å². The molecule has 9 heteroatoms. The lowest BCUT2D eigenvalue weighted by Gasteiger charge is -2.13. The molecule has 100 valence electrons. The van der Waals surface area contributed by atoms with Gasteiger partial charge in [-0.15, -0.1) is 13.2 Å². The molecule has 0 saturated heterocycles. The molecule has 0 bridgehead atoms. The van der Waals surface area contributed by atoms with E-state index in [1.807, 2.05) is 0 Å². The predicted octanol–water partition coefficient (Wildman–Crippen LogP) is 2.19. The summed E-state index contributed by atoms with van der Waals surface area (Å²) in [5.41, 5.74) is 3.21. The highest BCUT2D eigenvalue weighted by atomic mass is 19.4. The Balaban J connectivity index is 3.32. The molecule has 0 atom stereocenters. The quantitative estimate of drug-likeness (QED) is 0.672. The van der Waals surface area contributed by atoms with Crippen molar-refractivity contribution in [2.24, 2.45) is 5.73 Å². The highest BCUT2D eigenvalue weighted by Crippen LogP contribution is 2.30. The minimum Gasteiger partial charge on any atom is -0.403 e. The number of hydrogen-bond acceptors (Lipinski definition) is 4. The van der Waals surface area contributed by atoms with Crippen LogP contribution in [-0.4, -0.2) is 17.6 Å². The molecule has 1 rings (SSSR count). The Morgan fingerprint density at radius 3 is 2.44 bits per heavy atom. The summed E-state index contributed by atoms with van der Waals surface area (Å²) in [6, 6.07) is 0.414. The molecular formula is C9H7F5N2O2. The molecule has 0 amide bonds. The zero-order chi connectivity index (χ0) is 13.9. The lowest BCUT2D eigenvalue weighted by atomic mass is 10.1. The molecule has 0 saturated carbocycles. The van der Waals surface area contributed by atoms with E-state index in [9.17, 15) is 26.7 Å². The molecule has 0 aromatic carbocycles. The van der Waals surface area contributed by atoms with Crippen LogP contribution in [0.2, 0.25) is 0 Å². The third-order valence-corrected chi connectivity index (χ3v) is 1.89. The summed E-state index contributed by atoms with van der Waals surface area (Å²) in [6.45, 7) is -0.438. The normalized spacial score (nSPS) is 11.7. The largest absolute Gasteiger partial charge is 0.573 e. The second-order valence-corrected chi connectivity index (χ2v) is 3.08. The highest BCUT2D eigenvalue weighted by Gasteiger charge is 2.33. The topological polar surface area (TPSA) is 65.2 Å². The Morgan fingerprint density at radius 1 is 1.44 bits per heavy atom. The van der Waals surface area contributed by atoms with Crippen LogP contribution in [0.4, 0.5) is 22.0 Å². The molecule has 0 unspecified atom stereocenters. The van der Waals surface area contributed by atoms with Crippen LogP contribution in [0.15, 0.2) is 6.07 Å². The molecule has 0 fully saturated rings. The third-order valence-electron chi connectivity index (χ3n) is 1.89. The van der Waals surface area contributed by atoms with E-state index in [-0.39, 0.29) is 12.0 Å². The number of hydrogen-bond donors (Lipinski definition) is 1. The van der Waals surface area contributed by atoms with Crippen LogP contribution in [0, 0.1) is 0 Å². The summed E-state index contributed by atoms with van der Waals surface area (Å²) in [5.74, 6) is -1.08. The number of rotatable bonds is 4. The van der Waals surface area contributed by atoms with Crippen molar-refractivity contribution in [1.29, 1.82) is 0 Å². The molecule has 1 aromatic heterocycles. The number of aldehydes is 1. The van der Waals surface area contributed by atoms with Crippen molar-refractivity contribution in [2.75, 3.05) is 0 Å². The van der Waals surface area contributed by atoms with Gasteiger partial charge < -0.3 is 10.5 Å². The van der Waals surface area contributed by atoms with Crippen LogP contribution < -0.4 is 10.5 Å². The second-order valence-electron chi connectivity index (χ2n) is 3.08. The molecule has 18 heavy (non-hydrogen) atoms. The van der Waals surface area contributed by atoms with Gasteiger partial charge in [0.2, 0.25) is 0 Å². The minimum absolute atomic E-state index is 0.0323. The number of aromatic nitrogens is 1. The zero-order valence-electron chi connectivity index (χ0n) is 8.67. The molecular weight excluding hydrogens is 263 g/mol. The standard InChI is InChI=1S/C9H7F5N2O2/c10-8(11)4-1-7(18-9(12,13)14)6(3-17)16-5(4)2-15/h1,3,8H,2,15H2. The summed E-state index contributed by atoms with van der Waals surface area (Å²) in [6.07, 6.45) is -8.22. The number of nitrogens with zero attached hydrogens (tertiary/aromatic N) is 1. The molecule has 0 aliphatic rings. The van der Waals surface area contributed by atoms with Gasteiger partial charge in [0, 0.05) is 12.1 Å². The van der Waals surface area contributed by atoms with Crippen LogP contribution in [0.3, 0.4) is 0 Å². The summed E-state index contributed by atoms with van der Waals surface area (Å²) in [5, 5.41) is 0. The first-order valence-corrected chi connectivity index (χ1v) is 4.51. The Kier molecular flexibility index (Phi) is 4.17. The number of ether oxygens (including phenoxy) is 1. The lowest BCUT2D eigenvalue weighted by molar-refractivity contribution is -0.274. The van der Waals surface area contributed by atoms with Crippen LogP contribution in [-0.2, 0) is 6.54 Å². The lowest BCUT2D eigenvalue weighted by Crippen LogP contribution is -2.19. The molecule has 2 N–H and O–H groups in total. The summed E-state index contributed by atoms with van der Waals surface area (Å²) in [4.78, 5) is 13.8. The summed E-state index contributed by atoms with van der Waals surface area (Å²) in [7, 11) is 0. The molecule has 1 heterocycles. The van der Waals surface area contributed by atoms with Gasteiger partial charge in [0.1, 0.15) is 5.69 Å². The van der Waals surface area contributed by atoms with E-state index in [4.69, 9.17) is 5.73 Å². The van der Waals surface area contributed by atoms with Crippen LogP contribution in [0.1, 0.15) is 28.2 Å². The fourth-order valence-electron chi connectivity index (χ4n) is 1.21. The first-order valence-electron chi connectivity index (χ1n) is 4.51. The van der Waals surface area contributed by atoms with Crippen LogP contribution >= 0.6 is 0 Å². The van der Waals surface area contributed by atoms with Crippen molar-refractivity contribution in [3.05, 3.63) is 23.0 Å². The van der Waals surface area contributed by atoms with E-state index in [0.717, 1.165) is 0 Å². The van der Waals surface area contributed by atoms with Crippen molar-refractivity contribution in [3.63, 3.8) is 0 Å². The van der Waals surface area contributed by atoms with Crippen LogP contribution in [0.25, 0.3) is 0 Å². The van der Waals surface area contributed by atoms with Gasteiger partial charge in [-0.05, 0) is 6.07 Å². The monoisotopic (exact) mass is 270 g/mol. The van der Waals surface area contributed by atoms with Gasteiger partial charge in [0.05, 0.1) is 5.69 Å². The molecule has 1 aromatic rings. The van der Waals surface area contributed by atoms with Gasteiger partial charge in [0.15, 0.2) is 12.0 Å². The van der Waals surface area contributed by atoms with E-state index in [1.165, 1.54) is 0 Å². The van der Waals surface area contributed by atoms with E-state index in [1.54, 1.807) is 0 Å². The number of alkyl halides is 5. The highest BCUT2D eigenvalue weighted by molar-refractivity contribution is 5.76. The fraction of sp³-hybridized carbons (Fsp3) is 0.333. The van der Waals surface area contributed by atoms with Gasteiger partial charge in [-0.3, -0.25) is 4.79 Å². The number of pyridine rings is 1. The SMILES string of the molecule is NCc1nc(C=O)c(OC(F)(F)F)cc1C(F)F. The van der Waals surface area contributed by atoms with E-state index in [0.29, 0.717) is 6.07 Å². The fourth-order valence-corrected chi connectivity index (χ4v) is 1.21. The average molecular weight is 270 g/mol. The predicted molar refractivity (Wildman–Crippen MR) is 49.2 cm³/mol. The maximum absolute atomic E-state index is 12.5. The zero-order valence-corrected chi connectivity index (χ0v) is 8.67. The Labute approximate surface area is 97.6 Å². The maximum Gasteiger partial charge on any atom is 0.573 e. The van der Waals surface area contributed by atoms with Crippen molar-refractivity contribution in [2.45, 2.75) is 19.3 Å². The summed E-state index contributed by atoms with van der Waals surface area (Å²) < 4.78 is 64.5. The Hall–Kier alpha value is -1.77. The van der Waals surface area contributed by atoms with Gasteiger partial charge in [-0.1, -0.05) is 0 Å². The third kappa shape index (κ3) is 3.36. The van der Waals surface area contributed by atoms with E-state index < -0.39 is 36.3 Å². The number of nitrogens with two attached hydrogens (primary N) is 1. The molecule has 4 nitrogen and oxygen atoms in total. The molecule has 0 spiro atoms. The smallest absolute Gasteiger partial charge is 0.403 e. The van der Waals surface area contributed by atoms with Gasteiger partial charge in [-0.25, -0.2) is 13.8 Å². The maximum atomic E-state index is 12.5. The first-order chi connectivity index (χ1) is 8.28. The number of carbonyl (C=O) groups is 1. The van der Waals surface area contributed by atoms with E-state index in [2.05, 4.69) is 9.72 Å². The van der Waals surface area contributed by atoms with Gasteiger partial charge >= 0.3 is 6.36 Å². The summed E-state index contributed by atoms with van der Waals surface area (Å²) >= 11 is 0. The first kappa shape index (κ1) is 14.3. The Bertz CT molecular complexity index is 447. The van der Waals surface area contributed by atoms with Gasteiger partial charge in [0.25, 0.3) is 6.43 Å².